The van der Waals surface area contributed by atoms with Crippen LogP contribution < -0.4 is 10.2 Å². The second-order valence-corrected chi connectivity index (χ2v) is 10.6. The smallest absolute Gasteiger partial charge is 0.255 e. The van der Waals surface area contributed by atoms with E-state index in [4.69, 9.17) is 0 Å². The fourth-order valence-electron chi connectivity index (χ4n) is 5.28. The van der Waals surface area contributed by atoms with Gasteiger partial charge in [0.05, 0.1) is 0 Å². The third kappa shape index (κ3) is 5.01. The Bertz CT molecular complexity index is 1270. The minimum Gasteiger partial charge on any atom is -0.322 e. The van der Waals surface area contributed by atoms with E-state index in [0.29, 0.717) is 23.1 Å². The van der Waals surface area contributed by atoms with Gasteiger partial charge in [-0.2, -0.15) is 0 Å². The van der Waals surface area contributed by atoms with Gasteiger partial charge in [-0.15, -0.1) is 0 Å². The van der Waals surface area contributed by atoms with Gasteiger partial charge >= 0.3 is 0 Å². The maximum atomic E-state index is 13.3. The van der Waals surface area contributed by atoms with Crippen molar-refractivity contribution in [3.8, 4) is 11.1 Å². The summed E-state index contributed by atoms with van der Waals surface area (Å²) in [6, 6.07) is 22.2. The molecule has 0 atom stereocenters. The molecule has 0 aromatic heterocycles. The largest absolute Gasteiger partial charge is 0.322 e. The predicted molar refractivity (Wildman–Crippen MR) is 142 cm³/mol. The quantitative estimate of drug-likeness (QED) is 0.520. The number of amides is 2. The van der Waals surface area contributed by atoms with Gasteiger partial charge < -0.3 is 10.2 Å². The number of fused-ring (bicyclic) bond motifs is 1. The first kappa shape index (κ1) is 23.3. The van der Waals surface area contributed by atoms with Crippen LogP contribution in [0.25, 0.3) is 11.1 Å². The maximum Gasteiger partial charge on any atom is 0.255 e. The van der Waals surface area contributed by atoms with Crippen molar-refractivity contribution >= 4 is 23.2 Å². The van der Waals surface area contributed by atoms with E-state index < -0.39 is 0 Å². The zero-order valence-electron chi connectivity index (χ0n) is 20.8. The normalized spacial score (nSPS) is 17.3. The Kier molecular flexibility index (Phi) is 6.20. The van der Waals surface area contributed by atoms with Crippen molar-refractivity contribution in [1.29, 1.82) is 0 Å². The third-order valence-corrected chi connectivity index (χ3v) is 7.29. The number of benzene rings is 3. The van der Waals surface area contributed by atoms with E-state index in [1.165, 1.54) is 12.0 Å². The summed E-state index contributed by atoms with van der Waals surface area (Å²) in [5, 5.41) is 3.05. The van der Waals surface area contributed by atoms with Crippen molar-refractivity contribution in [1.82, 2.24) is 4.90 Å². The Labute approximate surface area is 207 Å². The van der Waals surface area contributed by atoms with E-state index in [0.717, 1.165) is 48.4 Å². The SMILES string of the molecule is CN1C(=O)CCc2ccc(NC(=O)c3ccc(-c4ccccc4)c(CN4CCC(C)(C)C4)c3)cc21. The molecule has 0 bridgehead atoms. The van der Waals surface area contributed by atoms with E-state index in [1.807, 2.05) is 36.4 Å². The number of anilines is 2. The van der Waals surface area contributed by atoms with Crippen molar-refractivity contribution in [2.75, 3.05) is 30.4 Å². The van der Waals surface area contributed by atoms with Crippen molar-refractivity contribution in [2.24, 2.45) is 5.41 Å². The molecule has 2 aliphatic heterocycles. The van der Waals surface area contributed by atoms with Gasteiger partial charge in [-0.25, -0.2) is 0 Å². The van der Waals surface area contributed by atoms with Crippen LogP contribution >= 0.6 is 0 Å². The number of likely N-dealkylation sites (tertiary alicyclic amines) is 1. The molecule has 1 N–H and O–H groups in total. The topological polar surface area (TPSA) is 52.7 Å². The second-order valence-electron chi connectivity index (χ2n) is 10.6. The number of hydrogen-bond donors (Lipinski definition) is 1. The zero-order chi connectivity index (χ0) is 24.6. The van der Waals surface area contributed by atoms with Gasteiger partial charge in [-0.1, -0.05) is 56.3 Å². The first-order chi connectivity index (χ1) is 16.8. The summed E-state index contributed by atoms with van der Waals surface area (Å²) in [4.78, 5) is 29.5. The summed E-state index contributed by atoms with van der Waals surface area (Å²) in [7, 11) is 1.79. The predicted octanol–water partition coefficient (Wildman–Crippen LogP) is 5.75. The lowest BCUT2D eigenvalue weighted by molar-refractivity contribution is -0.118. The van der Waals surface area contributed by atoms with Crippen LogP contribution in [0.5, 0.6) is 0 Å². The van der Waals surface area contributed by atoms with Crippen molar-refractivity contribution in [3.63, 3.8) is 0 Å². The molecule has 5 rings (SSSR count). The van der Waals surface area contributed by atoms with Crippen LogP contribution in [0.15, 0.2) is 66.7 Å². The molecular formula is C30H33N3O2. The molecule has 3 aromatic rings. The highest BCUT2D eigenvalue weighted by atomic mass is 16.2. The molecule has 0 saturated carbocycles. The molecule has 180 valence electrons. The fraction of sp³-hybridized carbons (Fsp3) is 0.333. The molecule has 35 heavy (non-hydrogen) atoms. The van der Waals surface area contributed by atoms with Crippen molar-refractivity contribution in [3.05, 3.63) is 83.4 Å². The summed E-state index contributed by atoms with van der Waals surface area (Å²) in [6.07, 6.45) is 2.45. The number of hydrogen-bond acceptors (Lipinski definition) is 3. The van der Waals surface area contributed by atoms with E-state index in [-0.39, 0.29) is 11.8 Å². The number of nitrogens with one attached hydrogen (secondary N) is 1. The summed E-state index contributed by atoms with van der Waals surface area (Å²) >= 11 is 0. The number of aryl methyl sites for hydroxylation is 1. The van der Waals surface area contributed by atoms with Crippen LogP contribution in [0.4, 0.5) is 11.4 Å². The molecule has 0 spiro atoms. The molecule has 2 amide bonds. The van der Waals surface area contributed by atoms with Crippen LogP contribution in [0.1, 0.15) is 48.2 Å². The Morgan fingerprint density at radius 2 is 1.80 bits per heavy atom. The standard InChI is InChI=1S/C30H33N3O2/c1-30(2)15-16-33(20-30)19-24-17-23(10-13-26(24)21-7-5-4-6-8-21)29(35)31-25-12-9-22-11-14-28(34)32(3)27(22)18-25/h4-10,12-13,17-18H,11,14-16,19-20H2,1-3H3,(H,31,35). The monoisotopic (exact) mass is 467 g/mol. The Morgan fingerprint density at radius 3 is 2.54 bits per heavy atom. The van der Waals surface area contributed by atoms with E-state index in [1.54, 1.807) is 11.9 Å². The van der Waals surface area contributed by atoms with Gasteiger partial charge in [0.2, 0.25) is 5.91 Å². The van der Waals surface area contributed by atoms with E-state index in [2.05, 4.69) is 54.4 Å². The summed E-state index contributed by atoms with van der Waals surface area (Å²) < 4.78 is 0. The zero-order valence-corrected chi connectivity index (χ0v) is 20.8. The average Bonchev–Trinajstić information content (AvgIpc) is 3.20. The minimum absolute atomic E-state index is 0.104. The molecule has 1 saturated heterocycles. The van der Waals surface area contributed by atoms with Gasteiger partial charge in [-0.3, -0.25) is 14.5 Å². The molecule has 0 unspecified atom stereocenters. The first-order valence-electron chi connectivity index (χ1n) is 12.4. The highest BCUT2D eigenvalue weighted by Gasteiger charge is 2.29. The summed E-state index contributed by atoms with van der Waals surface area (Å²) in [5.41, 5.74) is 7.16. The Morgan fingerprint density at radius 1 is 1.00 bits per heavy atom. The lowest BCUT2D eigenvalue weighted by Crippen LogP contribution is -2.31. The van der Waals surface area contributed by atoms with Crippen LogP contribution in [0.3, 0.4) is 0 Å². The maximum absolute atomic E-state index is 13.3. The molecule has 1 fully saturated rings. The summed E-state index contributed by atoms with van der Waals surface area (Å²) in [6.45, 7) is 7.58. The Hall–Kier alpha value is -3.44. The van der Waals surface area contributed by atoms with Crippen molar-refractivity contribution < 1.29 is 9.59 Å². The lowest BCUT2D eigenvalue weighted by atomic mass is 9.93. The lowest BCUT2D eigenvalue weighted by Gasteiger charge is -2.26. The number of carbonyl (C=O) groups excluding carboxylic acids is 2. The first-order valence-corrected chi connectivity index (χ1v) is 12.4. The van der Waals surface area contributed by atoms with Gasteiger partial charge in [0.15, 0.2) is 0 Å². The van der Waals surface area contributed by atoms with Gasteiger partial charge in [-0.05, 0) is 71.3 Å². The number of nitrogens with zero attached hydrogens (tertiary/aromatic N) is 2. The van der Waals surface area contributed by atoms with E-state index >= 15 is 0 Å². The van der Waals surface area contributed by atoms with Gasteiger partial charge in [0, 0.05) is 43.5 Å². The number of rotatable bonds is 5. The van der Waals surface area contributed by atoms with Crippen LogP contribution in [0, 0.1) is 5.41 Å². The molecule has 3 aromatic carbocycles. The molecule has 5 nitrogen and oxygen atoms in total. The molecule has 2 aliphatic rings. The van der Waals surface area contributed by atoms with Crippen LogP contribution in [-0.4, -0.2) is 36.9 Å². The van der Waals surface area contributed by atoms with Gasteiger partial charge in [0.1, 0.15) is 0 Å². The molecule has 5 heteroatoms. The molecular weight excluding hydrogens is 434 g/mol. The molecule has 2 heterocycles. The average molecular weight is 468 g/mol. The summed E-state index contributed by atoms with van der Waals surface area (Å²) in [5.74, 6) is -0.0374. The highest BCUT2D eigenvalue weighted by molar-refractivity contribution is 6.05. The second kappa shape index (κ2) is 9.31. The highest BCUT2D eigenvalue weighted by Crippen LogP contribution is 2.33. The third-order valence-electron chi connectivity index (χ3n) is 7.29. The molecule has 0 aliphatic carbocycles. The van der Waals surface area contributed by atoms with Crippen LogP contribution in [0.2, 0.25) is 0 Å². The van der Waals surface area contributed by atoms with Gasteiger partial charge in [0.25, 0.3) is 5.91 Å². The molecule has 0 radical (unpaired) electrons. The fourth-order valence-corrected chi connectivity index (χ4v) is 5.28. The minimum atomic E-state index is -0.141. The Balaban J connectivity index is 1.42. The number of carbonyl (C=O) groups is 2. The van der Waals surface area contributed by atoms with E-state index in [9.17, 15) is 9.59 Å². The van der Waals surface area contributed by atoms with Crippen LogP contribution in [-0.2, 0) is 17.8 Å². The van der Waals surface area contributed by atoms with Crippen molar-refractivity contribution in [2.45, 2.75) is 39.7 Å².